The van der Waals surface area contributed by atoms with E-state index < -0.39 is 0 Å². The second-order valence-corrected chi connectivity index (χ2v) is 1.80. The van der Waals surface area contributed by atoms with E-state index >= 15 is 0 Å². The molecule has 0 aromatic carbocycles. The number of hydrogen-bond donors (Lipinski definition) is 1. The third-order valence-corrected chi connectivity index (χ3v) is 0.636. The summed E-state index contributed by atoms with van der Waals surface area (Å²) in [6.07, 6.45) is 0. The van der Waals surface area contributed by atoms with Crippen molar-refractivity contribution in [3.05, 3.63) is 0 Å². The van der Waals surface area contributed by atoms with E-state index in [0.29, 0.717) is 13.1 Å². The fraction of sp³-hybridized carbons (Fsp3) is 1.00. The van der Waals surface area contributed by atoms with Gasteiger partial charge in [-0.25, -0.2) is 0 Å². The van der Waals surface area contributed by atoms with Crippen LogP contribution in [0, 0.1) is 0 Å². The van der Waals surface area contributed by atoms with Crippen LogP contribution >= 0.6 is 23.6 Å². The molecule has 0 atom stereocenters. The van der Waals surface area contributed by atoms with E-state index in [9.17, 15) is 0 Å². The van der Waals surface area contributed by atoms with Gasteiger partial charge < -0.3 is 5.73 Å². The Kier molecular flexibility index (Phi) is 11.3. The van der Waals surface area contributed by atoms with E-state index in [1.54, 1.807) is 0 Å². The minimum atomic E-state index is 0. The molecule has 0 radical (unpaired) electrons. The third kappa shape index (κ3) is 11.0. The number of hydrogen-bond acceptors (Lipinski definition) is 2. The second-order valence-electron chi connectivity index (χ2n) is 0.815. The standard InChI is InChI=1S/C2H6Cl2N2.Pt/c3-6(4)2-1-5;/h1-2,5H2;/q;+2. The quantitative estimate of drug-likeness (QED) is 0.752. The van der Waals surface area contributed by atoms with Crippen LogP contribution in [-0.2, 0) is 21.1 Å². The van der Waals surface area contributed by atoms with Gasteiger partial charge in [0.2, 0.25) is 0 Å². The third-order valence-electron chi connectivity index (χ3n) is 0.298. The summed E-state index contributed by atoms with van der Waals surface area (Å²) in [4.78, 5) is 0. The van der Waals surface area contributed by atoms with Crippen LogP contribution in [0.4, 0.5) is 0 Å². The molecule has 2 nitrogen and oxygen atoms in total. The van der Waals surface area contributed by atoms with Crippen molar-refractivity contribution in [3.63, 3.8) is 0 Å². The molecule has 2 N–H and O–H groups in total. The molecule has 7 heavy (non-hydrogen) atoms. The van der Waals surface area contributed by atoms with Gasteiger partial charge in [-0.3, -0.25) is 0 Å². The molecule has 0 saturated heterocycles. The van der Waals surface area contributed by atoms with Crippen LogP contribution in [0.25, 0.3) is 0 Å². The van der Waals surface area contributed by atoms with Gasteiger partial charge in [-0.15, -0.1) is 3.94 Å². The minimum Gasteiger partial charge on any atom is -0.329 e. The number of nitrogens with two attached hydrogens (primary N) is 1. The van der Waals surface area contributed by atoms with Crippen LogP contribution in [-0.4, -0.2) is 17.0 Å². The first-order valence-corrected chi connectivity index (χ1v) is 2.24. The first kappa shape index (κ1) is 11.0. The molecule has 0 aromatic rings. The maximum Gasteiger partial charge on any atom is 2.00 e. The fourth-order valence-corrected chi connectivity index (χ4v) is 0.293. The zero-order valence-electron chi connectivity index (χ0n) is 3.51. The zero-order valence-corrected chi connectivity index (χ0v) is 7.30. The molecule has 0 amide bonds. The van der Waals surface area contributed by atoms with Gasteiger partial charge in [0.25, 0.3) is 0 Å². The first-order chi connectivity index (χ1) is 2.77. The van der Waals surface area contributed by atoms with Crippen LogP contribution in [0.15, 0.2) is 0 Å². The monoisotopic (exact) mass is 323 g/mol. The number of nitrogens with zero attached hydrogens (tertiary/aromatic N) is 1. The van der Waals surface area contributed by atoms with Gasteiger partial charge in [0.1, 0.15) is 0 Å². The molecule has 0 unspecified atom stereocenters. The number of halogens is 2. The van der Waals surface area contributed by atoms with Crippen LogP contribution in [0.5, 0.6) is 0 Å². The summed E-state index contributed by atoms with van der Waals surface area (Å²) in [6, 6.07) is 0. The Morgan fingerprint density at radius 1 is 1.43 bits per heavy atom. The van der Waals surface area contributed by atoms with Crippen molar-refractivity contribution < 1.29 is 21.1 Å². The van der Waals surface area contributed by atoms with E-state index in [0.717, 1.165) is 3.94 Å². The number of rotatable bonds is 2. The summed E-state index contributed by atoms with van der Waals surface area (Å²) >= 11 is 10.2. The summed E-state index contributed by atoms with van der Waals surface area (Å²) in [5, 5.41) is 0. The first-order valence-electron chi connectivity index (χ1n) is 1.56. The molecule has 0 aromatic heterocycles. The predicted molar refractivity (Wildman–Crippen MR) is 27.5 cm³/mol. The van der Waals surface area contributed by atoms with E-state index in [1.165, 1.54) is 0 Å². The minimum absolute atomic E-state index is 0. The molecule has 46 valence electrons. The zero-order chi connectivity index (χ0) is 4.99. The topological polar surface area (TPSA) is 29.3 Å². The Labute approximate surface area is 67.4 Å². The average Bonchev–Trinajstić information content (AvgIpc) is 1.35. The summed E-state index contributed by atoms with van der Waals surface area (Å²) in [7, 11) is 0. The summed E-state index contributed by atoms with van der Waals surface area (Å²) in [6.45, 7) is 1.01. The molecule has 0 aliphatic carbocycles. The Balaban J connectivity index is 0. The van der Waals surface area contributed by atoms with Crippen molar-refractivity contribution in [2.75, 3.05) is 13.1 Å². The molecule has 0 spiro atoms. The predicted octanol–water partition coefficient (Wildman–Crippen LogP) is 0.552. The maximum absolute atomic E-state index is 5.10. The van der Waals surface area contributed by atoms with Crippen LogP contribution in [0.1, 0.15) is 0 Å². The summed E-state index contributed by atoms with van der Waals surface area (Å²) < 4.78 is 1.00. The van der Waals surface area contributed by atoms with Gasteiger partial charge in [-0.05, 0) is 23.6 Å². The molecule has 0 rings (SSSR count). The molecule has 0 heterocycles. The van der Waals surface area contributed by atoms with Crippen LogP contribution < -0.4 is 5.73 Å². The van der Waals surface area contributed by atoms with E-state index in [1.807, 2.05) is 0 Å². The van der Waals surface area contributed by atoms with Crippen molar-refractivity contribution in [1.29, 1.82) is 0 Å². The Bertz CT molecular complexity index is 34.9. The molecule has 0 aliphatic heterocycles. The van der Waals surface area contributed by atoms with E-state index in [2.05, 4.69) is 0 Å². The Morgan fingerprint density at radius 3 is 1.86 bits per heavy atom. The van der Waals surface area contributed by atoms with Crippen molar-refractivity contribution in [3.8, 4) is 0 Å². The van der Waals surface area contributed by atoms with E-state index in [4.69, 9.17) is 29.3 Å². The normalized spacial score (nSPS) is 8.57. The van der Waals surface area contributed by atoms with E-state index in [-0.39, 0.29) is 21.1 Å². The van der Waals surface area contributed by atoms with Gasteiger partial charge in [0, 0.05) is 13.1 Å². The van der Waals surface area contributed by atoms with Gasteiger partial charge in [-0.1, -0.05) is 0 Å². The van der Waals surface area contributed by atoms with Crippen molar-refractivity contribution in [2.24, 2.45) is 5.73 Å². The van der Waals surface area contributed by atoms with Crippen LogP contribution in [0.3, 0.4) is 0 Å². The average molecular weight is 324 g/mol. The molecule has 0 saturated carbocycles. The van der Waals surface area contributed by atoms with Gasteiger partial charge in [-0.2, -0.15) is 0 Å². The van der Waals surface area contributed by atoms with Crippen LogP contribution in [0.2, 0.25) is 0 Å². The van der Waals surface area contributed by atoms with Gasteiger partial charge in [0.05, 0.1) is 0 Å². The maximum atomic E-state index is 5.10. The molecule has 0 aliphatic rings. The second kappa shape index (κ2) is 7.19. The fourth-order valence-electron chi connectivity index (χ4n) is 0.0976. The largest absolute Gasteiger partial charge is 2.00 e. The molecular formula is C2H6Cl2N2Pt+2. The molecular weight excluding hydrogens is 318 g/mol. The molecule has 0 fully saturated rings. The molecule has 0 bridgehead atoms. The van der Waals surface area contributed by atoms with Crippen molar-refractivity contribution >= 4 is 23.6 Å². The van der Waals surface area contributed by atoms with Crippen molar-refractivity contribution in [1.82, 2.24) is 3.94 Å². The molecule has 5 heteroatoms. The van der Waals surface area contributed by atoms with Gasteiger partial charge >= 0.3 is 21.1 Å². The smallest absolute Gasteiger partial charge is 0.329 e. The van der Waals surface area contributed by atoms with Crippen molar-refractivity contribution in [2.45, 2.75) is 0 Å². The summed E-state index contributed by atoms with van der Waals surface area (Å²) in [5.74, 6) is 0. The Hall–Kier alpha value is 1.19. The summed E-state index contributed by atoms with van der Waals surface area (Å²) in [5.41, 5.74) is 5.02. The Morgan fingerprint density at radius 2 is 1.86 bits per heavy atom. The van der Waals surface area contributed by atoms with Gasteiger partial charge in [0.15, 0.2) is 0 Å². The SMILES string of the molecule is NCCN(Cl)Cl.[Pt+2].